The molecule has 4 N–H and O–H groups in total. The SMILES string of the molecule is CCC(C(=N)N)C(=O)O. The third kappa shape index (κ3) is 2.12. The molecule has 4 heteroatoms. The van der Waals surface area contributed by atoms with Gasteiger partial charge < -0.3 is 10.8 Å². The molecule has 0 saturated heterocycles. The first-order valence-electron chi connectivity index (χ1n) is 2.66. The normalized spacial score (nSPS) is 12.6. The predicted molar refractivity (Wildman–Crippen MR) is 33.3 cm³/mol. The van der Waals surface area contributed by atoms with Crippen molar-refractivity contribution in [1.82, 2.24) is 0 Å². The molecule has 0 rings (SSSR count). The summed E-state index contributed by atoms with van der Waals surface area (Å²) in [5.41, 5.74) is 4.95. The highest BCUT2D eigenvalue weighted by molar-refractivity contribution is 5.97. The van der Waals surface area contributed by atoms with E-state index in [4.69, 9.17) is 16.2 Å². The van der Waals surface area contributed by atoms with Gasteiger partial charge in [-0.3, -0.25) is 10.2 Å². The van der Waals surface area contributed by atoms with E-state index in [1.54, 1.807) is 6.92 Å². The van der Waals surface area contributed by atoms with E-state index >= 15 is 0 Å². The molecule has 1 atom stereocenters. The Hall–Kier alpha value is -1.06. The number of amidine groups is 1. The van der Waals surface area contributed by atoms with Gasteiger partial charge in [0.25, 0.3) is 0 Å². The van der Waals surface area contributed by atoms with Crippen molar-refractivity contribution in [1.29, 1.82) is 5.41 Å². The second kappa shape index (κ2) is 3.06. The highest BCUT2D eigenvalue weighted by Gasteiger charge is 2.17. The predicted octanol–water partition coefficient (Wildman–Crippen LogP) is 0.0332. The maximum Gasteiger partial charge on any atom is 0.314 e. The van der Waals surface area contributed by atoms with Crippen LogP contribution in [-0.2, 0) is 4.79 Å². The fraction of sp³-hybridized carbons (Fsp3) is 0.600. The Balaban J connectivity index is 3.99. The van der Waals surface area contributed by atoms with Crippen molar-refractivity contribution >= 4 is 11.8 Å². The van der Waals surface area contributed by atoms with Crippen molar-refractivity contribution in [3.05, 3.63) is 0 Å². The van der Waals surface area contributed by atoms with Crippen LogP contribution in [0.25, 0.3) is 0 Å². The van der Waals surface area contributed by atoms with Crippen molar-refractivity contribution in [2.24, 2.45) is 11.7 Å². The van der Waals surface area contributed by atoms with Crippen LogP contribution in [0.4, 0.5) is 0 Å². The van der Waals surface area contributed by atoms with Crippen LogP contribution in [0.15, 0.2) is 0 Å². The van der Waals surface area contributed by atoms with E-state index in [2.05, 4.69) is 0 Å². The van der Waals surface area contributed by atoms with Crippen LogP contribution in [0.5, 0.6) is 0 Å². The molecule has 0 saturated carbocycles. The fourth-order valence-electron chi connectivity index (χ4n) is 0.528. The second-order valence-corrected chi connectivity index (χ2v) is 1.75. The van der Waals surface area contributed by atoms with E-state index in [0.717, 1.165) is 0 Å². The molecule has 4 nitrogen and oxygen atoms in total. The minimum absolute atomic E-state index is 0.273. The minimum atomic E-state index is -1.02. The van der Waals surface area contributed by atoms with E-state index in [0.29, 0.717) is 6.42 Å². The molecule has 0 spiro atoms. The number of nitrogens with one attached hydrogen (secondary N) is 1. The average molecular weight is 130 g/mol. The molecule has 0 aromatic carbocycles. The van der Waals surface area contributed by atoms with Crippen molar-refractivity contribution in [2.75, 3.05) is 0 Å². The van der Waals surface area contributed by atoms with Crippen LogP contribution >= 0.6 is 0 Å². The summed E-state index contributed by atoms with van der Waals surface area (Å²) in [6.45, 7) is 1.68. The van der Waals surface area contributed by atoms with E-state index in [-0.39, 0.29) is 5.84 Å². The number of nitrogens with two attached hydrogens (primary N) is 1. The standard InChI is InChI=1S/C5H10N2O2/c1-2-3(4(6)7)5(8)9/h3H,2H2,1H3,(H3,6,7)(H,8,9). The first-order valence-corrected chi connectivity index (χ1v) is 2.66. The van der Waals surface area contributed by atoms with Crippen LogP contribution in [0.3, 0.4) is 0 Å². The number of carboxylic acid groups (broad SMARTS) is 1. The molecule has 0 aliphatic heterocycles. The molecule has 0 fully saturated rings. The Morgan fingerprint density at radius 1 is 1.89 bits per heavy atom. The number of carbonyl (C=O) groups is 1. The van der Waals surface area contributed by atoms with Gasteiger partial charge >= 0.3 is 5.97 Å². The number of hydrogen-bond donors (Lipinski definition) is 3. The molecule has 0 radical (unpaired) electrons. The Morgan fingerprint density at radius 3 is 2.33 bits per heavy atom. The van der Waals surface area contributed by atoms with Crippen molar-refractivity contribution in [2.45, 2.75) is 13.3 Å². The molecular weight excluding hydrogens is 120 g/mol. The third-order valence-corrected chi connectivity index (χ3v) is 1.08. The molecule has 0 amide bonds. The summed E-state index contributed by atoms with van der Waals surface area (Å²) in [5.74, 6) is -2.10. The van der Waals surface area contributed by atoms with Gasteiger partial charge in [-0.1, -0.05) is 6.92 Å². The zero-order valence-electron chi connectivity index (χ0n) is 5.22. The molecule has 0 aromatic rings. The summed E-state index contributed by atoms with van der Waals surface area (Å²) in [6, 6.07) is 0. The van der Waals surface area contributed by atoms with Gasteiger partial charge in [0.15, 0.2) is 0 Å². The lowest BCUT2D eigenvalue weighted by Crippen LogP contribution is -2.28. The molecule has 0 heterocycles. The van der Waals surface area contributed by atoms with E-state index in [1.165, 1.54) is 0 Å². The molecule has 0 aliphatic carbocycles. The Morgan fingerprint density at radius 2 is 2.33 bits per heavy atom. The summed E-state index contributed by atoms with van der Waals surface area (Å²) < 4.78 is 0. The topological polar surface area (TPSA) is 87.2 Å². The molecule has 0 aliphatic rings. The lowest BCUT2D eigenvalue weighted by molar-refractivity contribution is -0.139. The van der Waals surface area contributed by atoms with Crippen LogP contribution in [-0.4, -0.2) is 16.9 Å². The first kappa shape index (κ1) is 7.94. The number of aliphatic carboxylic acids is 1. The van der Waals surface area contributed by atoms with Gasteiger partial charge in [0.05, 0.1) is 0 Å². The van der Waals surface area contributed by atoms with Crippen molar-refractivity contribution in [3.8, 4) is 0 Å². The van der Waals surface area contributed by atoms with Gasteiger partial charge in [-0.05, 0) is 6.42 Å². The zero-order chi connectivity index (χ0) is 7.44. The fourth-order valence-corrected chi connectivity index (χ4v) is 0.528. The highest BCUT2D eigenvalue weighted by Crippen LogP contribution is 1.99. The molecule has 52 valence electrons. The number of rotatable bonds is 3. The largest absolute Gasteiger partial charge is 0.481 e. The highest BCUT2D eigenvalue weighted by atomic mass is 16.4. The summed E-state index contributed by atoms with van der Waals surface area (Å²) in [6.07, 6.45) is 0.380. The lowest BCUT2D eigenvalue weighted by atomic mass is 10.1. The Kier molecular flexibility index (Phi) is 2.70. The minimum Gasteiger partial charge on any atom is -0.481 e. The van der Waals surface area contributed by atoms with E-state index in [1.807, 2.05) is 0 Å². The Bertz CT molecular complexity index is 119. The third-order valence-electron chi connectivity index (χ3n) is 1.08. The van der Waals surface area contributed by atoms with Crippen molar-refractivity contribution in [3.63, 3.8) is 0 Å². The van der Waals surface area contributed by atoms with Crippen LogP contribution in [0.2, 0.25) is 0 Å². The van der Waals surface area contributed by atoms with Gasteiger partial charge in [-0.15, -0.1) is 0 Å². The van der Waals surface area contributed by atoms with Gasteiger partial charge in [-0.2, -0.15) is 0 Å². The molecule has 9 heavy (non-hydrogen) atoms. The van der Waals surface area contributed by atoms with Gasteiger partial charge in [0.2, 0.25) is 0 Å². The molecular formula is C5H10N2O2. The smallest absolute Gasteiger partial charge is 0.314 e. The van der Waals surface area contributed by atoms with Crippen molar-refractivity contribution < 1.29 is 9.90 Å². The van der Waals surface area contributed by atoms with Crippen LogP contribution < -0.4 is 5.73 Å². The second-order valence-electron chi connectivity index (χ2n) is 1.75. The van der Waals surface area contributed by atoms with E-state index < -0.39 is 11.9 Å². The monoisotopic (exact) mass is 130 g/mol. The molecule has 0 aromatic heterocycles. The maximum atomic E-state index is 10.2. The zero-order valence-corrected chi connectivity index (χ0v) is 5.22. The van der Waals surface area contributed by atoms with Gasteiger partial charge in [0, 0.05) is 0 Å². The quantitative estimate of drug-likeness (QED) is 0.372. The van der Waals surface area contributed by atoms with Crippen LogP contribution in [0.1, 0.15) is 13.3 Å². The number of carboxylic acids is 1. The van der Waals surface area contributed by atoms with Gasteiger partial charge in [0.1, 0.15) is 11.8 Å². The van der Waals surface area contributed by atoms with E-state index in [9.17, 15) is 4.79 Å². The maximum absolute atomic E-state index is 10.2. The average Bonchev–Trinajstić information content (AvgIpc) is 1.64. The van der Waals surface area contributed by atoms with Gasteiger partial charge in [-0.25, -0.2) is 0 Å². The summed E-state index contributed by atoms with van der Waals surface area (Å²) >= 11 is 0. The molecule has 0 bridgehead atoms. The summed E-state index contributed by atoms with van der Waals surface area (Å²) in [7, 11) is 0. The summed E-state index contributed by atoms with van der Waals surface area (Å²) in [5, 5.41) is 15.1. The van der Waals surface area contributed by atoms with Crippen LogP contribution in [0, 0.1) is 11.3 Å². The Labute approximate surface area is 53.2 Å². The number of hydrogen-bond acceptors (Lipinski definition) is 2. The molecule has 1 unspecified atom stereocenters. The lowest BCUT2D eigenvalue weighted by Gasteiger charge is -2.04. The summed E-state index contributed by atoms with van der Waals surface area (Å²) in [4.78, 5) is 10.2. The first-order chi connectivity index (χ1) is 4.09.